The number of hydrogen-bond acceptors (Lipinski definition) is 10. The number of likely N-dealkylation sites (tertiary alicyclic amines) is 2. The number of carbonyl (C=O) groups is 6. The number of benzene rings is 3. The lowest BCUT2D eigenvalue weighted by molar-refractivity contribution is -0.139. The molecule has 6 amide bonds. The molecular formula is C52H71FN8O8Si. The van der Waals surface area contributed by atoms with Crippen molar-refractivity contribution in [2.75, 3.05) is 60.8 Å². The van der Waals surface area contributed by atoms with E-state index in [0.717, 1.165) is 54.8 Å². The number of amides is 6. The van der Waals surface area contributed by atoms with Crippen molar-refractivity contribution in [3.63, 3.8) is 0 Å². The van der Waals surface area contributed by atoms with Crippen LogP contribution in [0.3, 0.4) is 0 Å². The Morgan fingerprint density at radius 1 is 0.614 bits per heavy atom. The Balaban J connectivity index is 1.09. The highest BCUT2D eigenvalue weighted by Crippen LogP contribution is 2.48. The Morgan fingerprint density at radius 3 is 1.43 bits per heavy atom. The molecule has 4 aliphatic rings. The van der Waals surface area contributed by atoms with Gasteiger partial charge in [0.1, 0.15) is 30.0 Å². The number of rotatable bonds is 14. The topological polar surface area (TPSA) is 182 Å². The van der Waals surface area contributed by atoms with Crippen molar-refractivity contribution in [3.05, 3.63) is 83.7 Å². The van der Waals surface area contributed by atoms with Gasteiger partial charge in [0.15, 0.2) is 0 Å². The van der Waals surface area contributed by atoms with Crippen LogP contribution in [-0.4, -0.2) is 118 Å². The monoisotopic (exact) mass is 983 g/mol. The van der Waals surface area contributed by atoms with Crippen molar-refractivity contribution in [1.82, 2.24) is 20.4 Å². The van der Waals surface area contributed by atoms with Gasteiger partial charge in [-0.25, -0.2) is 14.0 Å². The molecular weight excluding hydrogens is 912 g/mol. The summed E-state index contributed by atoms with van der Waals surface area (Å²) in [6.07, 6.45) is 2.39. The van der Waals surface area contributed by atoms with Gasteiger partial charge in [-0.2, -0.15) is 0 Å². The molecule has 4 heterocycles. The van der Waals surface area contributed by atoms with Crippen molar-refractivity contribution in [2.24, 2.45) is 11.8 Å². The second-order valence-electron chi connectivity index (χ2n) is 20.6. The summed E-state index contributed by atoms with van der Waals surface area (Å²) in [6, 6.07) is 19.8. The molecule has 16 nitrogen and oxygen atoms in total. The van der Waals surface area contributed by atoms with Crippen LogP contribution in [0, 0.1) is 17.7 Å². The van der Waals surface area contributed by atoms with E-state index in [1.807, 2.05) is 88.4 Å². The van der Waals surface area contributed by atoms with Crippen LogP contribution in [-0.2, 0) is 28.7 Å². The lowest BCUT2D eigenvalue weighted by Crippen LogP contribution is -2.54. The number of nitrogens with zero attached hydrogens (tertiary/aromatic N) is 4. The van der Waals surface area contributed by atoms with E-state index in [0.29, 0.717) is 55.8 Å². The van der Waals surface area contributed by atoms with Crippen LogP contribution in [0.25, 0.3) is 0 Å². The van der Waals surface area contributed by atoms with Gasteiger partial charge < -0.3 is 50.3 Å². The van der Waals surface area contributed by atoms with E-state index in [9.17, 15) is 28.8 Å². The van der Waals surface area contributed by atoms with Gasteiger partial charge in [0.05, 0.1) is 40.1 Å². The molecule has 6 atom stereocenters. The Morgan fingerprint density at radius 2 is 1.04 bits per heavy atom. The standard InChI is InChI=1S/C52H71FN8O8Si/c1-32(2)45(56-51(66)68-5)49(64)59-25-9-11-43(59)47(62)54-36-17-13-34(14-18-36)40-23-24-41(61(40)38-21-22-42(39(53)31-38)58-27-29-70(7,8)30-28-58)35-15-19-37(20-16-35)55-48(63)44-12-10-26-60(44)50(65)46(33(3)4)57-52(67)69-6/h13-22,31-33,40-41,43-46H,9-12,23-30H2,1-8H3,(H,54,62)(H,55,63)(H,56,66)(H,57,67)/t40-,41-,43+,44+,45+,46+/m1/s1. The van der Waals surface area contributed by atoms with Gasteiger partial charge >= 0.3 is 12.2 Å². The maximum atomic E-state index is 16.4. The zero-order valence-electron chi connectivity index (χ0n) is 41.9. The summed E-state index contributed by atoms with van der Waals surface area (Å²) in [5, 5.41) is 11.3. The van der Waals surface area contributed by atoms with Crippen molar-refractivity contribution in [2.45, 2.75) is 128 Å². The summed E-state index contributed by atoms with van der Waals surface area (Å²) in [4.78, 5) is 86.4. The highest BCUT2D eigenvalue weighted by Gasteiger charge is 2.41. The van der Waals surface area contributed by atoms with Crippen LogP contribution in [0.15, 0.2) is 66.7 Å². The third-order valence-electron chi connectivity index (χ3n) is 14.7. The molecule has 18 heteroatoms. The van der Waals surface area contributed by atoms with E-state index in [1.165, 1.54) is 14.2 Å². The first kappa shape index (κ1) is 51.7. The van der Waals surface area contributed by atoms with Gasteiger partial charge in [-0.3, -0.25) is 19.2 Å². The highest BCUT2D eigenvalue weighted by molar-refractivity contribution is 6.77. The van der Waals surface area contributed by atoms with Crippen LogP contribution in [0.1, 0.15) is 89.4 Å². The fourth-order valence-corrected chi connectivity index (χ4v) is 12.5. The molecule has 4 saturated heterocycles. The van der Waals surface area contributed by atoms with Gasteiger partial charge in [0.25, 0.3) is 0 Å². The molecule has 3 aromatic carbocycles. The minimum absolute atomic E-state index is 0.145. The third-order valence-corrected chi connectivity index (χ3v) is 17.8. The molecule has 4 N–H and O–H groups in total. The zero-order chi connectivity index (χ0) is 50.4. The smallest absolute Gasteiger partial charge is 0.407 e. The SMILES string of the molecule is COC(=O)N[C@H](C(=O)N1CCC[C@H]1C(=O)Nc1ccc([C@H]2CC[C@H](c3ccc(NC(=O)[C@@H]4CCCN4C(=O)[C@@H](NC(=O)OC)C(C)C)cc3)N2c2ccc(N3CC[Si](C)(C)CC3)c(F)c2)cc1)C(C)C. The number of hydrogen-bond donors (Lipinski definition) is 4. The van der Waals surface area contributed by atoms with Crippen molar-refractivity contribution in [1.29, 1.82) is 0 Å². The average molecular weight is 983 g/mol. The lowest BCUT2D eigenvalue weighted by atomic mass is 10.0. The van der Waals surface area contributed by atoms with Gasteiger partial charge in [-0.1, -0.05) is 65.1 Å². The minimum atomic E-state index is -1.28. The normalized spacial score (nSPS) is 21.9. The van der Waals surface area contributed by atoms with Crippen molar-refractivity contribution in [3.8, 4) is 0 Å². The highest BCUT2D eigenvalue weighted by atomic mass is 28.3. The molecule has 7 rings (SSSR count). The summed E-state index contributed by atoms with van der Waals surface area (Å²) in [5.41, 5.74) is 4.48. The molecule has 3 aromatic rings. The second kappa shape index (κ2) is 22.3. The number of anilines is 4. The zero-order valence-corrected chi connectivity index (χ0v) is 42.9. The predicted molar refractivity (Wildman–Crippen MR) is 271 cm³/mol. The summed E-state index contributed by atoms with van der Waals surface area (Å²) < 4.78 is 25.9. The second-order valence-corrected chi connectivity index (χ2v) is 25.9. The Bertz CT molecular complexity index is 2250. The molecule has 0 radical (unpaired) electrons. The number of carbonyl (C=O) groups excluding carboxylic acids is 6. The quantitative estimate of drug-likeness (QED) is 0.115. The predicted octanol–water partition coefficient (Wildman–Crippen LogP) is 8.06. The largest absolute Gasteiger partial charge is 0.453 e. The first-order valence-corrected chi connectivity index (χ1v) is 28.3. The summed E-state index contributed by atoms with van der Waals surface area (Å²) in [5.74, 6) is -1.98. The number of nitrogens with one attached hydrogen (secondary N) is 4. The first-order valence-electron chi connectivity index (χ1n) is 24.8. The molecule has 0 spiro atoms. The van der Waals surface area contributed by atoms with Crippen LogP contribution < -0.4 is 31.1 Å². The van der Waals surface area contributed by atoms with Crippen LogP contribution in [0.4, 0.5) is 36.7 Å². The van der Waals surface area contributed by atoms with Gasteiger partial charge in [0, 0.05) is 43.2 Å². The molecule has 4 aliphatic heterocycles. The molecule has 0 aliphatic carbocycles. The van der Waals surface area contributed by atoms with Crippen molar-refractivity contribution < 1.29 is 42.6 Å². The van der Waals surface area contributed by atoms with E-state index in [1.54, 1.807) is 15.9 Å². The fraction of sp³-hybridized carbons (Fsp3) is 0.538. The van der Waals surface area contributed by atoms with Crippen LogP contribution in [0.5, 0.6) is 0 Å². The van der Waals surface area contributed by atoms with E-state index in [-0.39, 0.29) is 53.4 Å². The average Bonchev–Trinajstić information content (AvgIpc) is 4.14. The van der Waals surface area contributed by atoms with E-state index < -0.39 is 44.4 Å². The molecule has 0 aromatic heterocycles. The number of alkyl carbamates (subject to hydrolysis) is 2. The van der Waals surface area contributed by atoms with Crippen molar-refractivity contribution >= 4 is 66.6 Å². The Hall–Kier alpha value is -6.17. The number of halogens is 1. The minimum Gasteiger partial charge on any atom is -0.453 e. The molecule has 0 unspecified atom stereocenters. The van der Waals surface area contributed by atoms with E-state index in [4.69, 9.17) is 9.47 Å². The van der Waals surface area contributed by atoms with Crippen LogP contribution in [0.2, 0.25) is 25.2 Å². The maximum absolute atomic E-state index is 16.4. The van der Waals surface area contributed by atoms with Crippen LogP contribution >= 0.6 is 0 Å². The molecule has 70 heavy (non-hydrogen) atoms. The maximum Gasteiger partial charge on any atom is 0.407 e. The van der Waals surface area contributed by atoms with Gasteiger partial charge in [0.2, 0.25) is 23.6 Å². The first-order chi connectivity index (χ1) is 33.4. The number of ether oxygens (including phenoxy) is 2. The Kier molecular flexibility index (Phi) is 16.4. The molecule has 378 valence electrons. The molecule has 4 fully saturated rings. The van der Waals surface area contributed by atoms with E-state index in [2.05, 4.69) is 44.2 Å². The third kappa shape index (κ3) is 11.7. The van der Waals surface area contributed by atoms with Gasteiger partial charge in [-0.05, 0) is 116 Å². The summed E-state index contributed by atoms with van der Waals surface area (Å²) in [7, 11) is 1.21. The molecule has 0 bridgehead atoms. The fourth-order valence-electron chi connectivity index (χ4n) is 10.5. The lowest BCUT2D eigenvalue weighted by Gasteiger charge is -2.38. The van der Waals surface area contributed by atoms with Gasteiger partial charge in [-0.15, -0.1) is 0 Å². The number of methoxy groups -OCH3 is 2. The molecule has 0 saturated carbocycles. The van der Waals surface area contributed by atoms with E-state index >= 15 is 4.39 Å². The summed E-state index contributed by atoms with van der Waals surface area (Å²) in [6.45, 7) is 14.6. The Labute approximate surface area is 412 Å². The summed E-state index contributed by atoms with van der Waals surface area (Å²) >= 11 is 0.